The summed E-state index contributed by atoms with van der Waals surface area (Å²) in [6.07, 6.45) is 2.69. The summed E-state index contributed by atoms with van der Waals surface area (Å²) in [6, 6.07) is 7.80. The van der Waals surface area contributed by atoms with Crippen molar-refractivity contribution in [2.75, 3.05) is 18.0 Å². The van der Waals surface area contributed by atoms with Gasteiger partial charge in [-0.2, -0.15) is 0 Å². The zero-order valence-electron chi connectivity index (χ0n) is 14.0. The Bertz CT molecular complexity index is 660. The molecule has 0 amide bonds. The van der Waals surface area contributed by atoms with Crippen LogP contribution in [-0.4, -0.2) is 39.2 Å². The van der Waals surface area contributed by atoms with Crippen LogP contribution < -0.4 is 4.90 Å². The lowest BCUT2D eigenvalue weighted by molar-refractivity contribution is 0.0690. The number of carbonyl (C=O) groups is 1. The number of nitrogens with zero attached hydrogens (tertiary/aromatic N) is 4. The maximum Gasteiger partial charge on any atom is 0.360 e. The molecule has 6 heteroatoms. The van der Waals surface area contributed by atoms with Gasteiger partial charge in [0.15, 0.2) is 5.82 Å². The molecule has 1 heterocycles. The number of rotatable bonds is 8. The molecule has 2 aromatic rings. The molecule has 1 N–H and O–H groups in total. The van der Waals surface area contributed by atoms with Crippen molar-refractivity contribution < 1.29 is 9.90 Å². The van der Waals surface area contributed by atoms with Crippen molar-refractivity contribution in [2.24, 2.45) is 0 Å². The van der Waals surface area contributed by atoms with E-state index in [2.05, 4.69) is 31.0 Å². The number of anilines is 1. The zero-order chi connectivity index (χ0) is 16.8. The van der Waals surface area contributed by atoms with E-state index in [1.54, 1.807) is 0 Å². The van der Waals surface area contributed by atoms with Crippen molar-refractivity contribution in [1.29, 1.82) is 0 Å². The number of hydrogen-bond acceptors (Lipinski definition) is 4. The van der Waals surface area contributed by atoms with Crippen LogP contribution in [0.25, 0.3) is 5.69 Å². The number of aromatic carboxylic acids is 1. The summed E-state index contributed by atoms with van der Waals surface area (Å²) in [7, 11) is 0. The van der Waals surface area contributed by atoms with E-state index in [4.69, 9.17) is 0 Å². The van der Waals surface area contributed by atoms with E-state index in [0.29, 0.717) is 5.82 Å². The zero-order valence-corrected chi connectivity index (χ0v) is 14.0. The molecular formula is C17H24N4O2. The predicted molar refractivity (Wildman–Crippen MR) is 90.5 cm³/mol. The molecule has 0 spiro atoms. The minimum Gasteiger partial charge on any atom is -0.476 e. The van der Waals surface area contributed by atoms with Gasteiger partial charge in [-0.15, -0.1) is 15.0 Å². The monoisotopic (exact) mass is 316 g/mol. The summed E-state index contributed by atoms with van der Waals surface area (Å²) < 4.78 is 0. The lowest BCUT2D eigenvalue weighted by atomic mass is 10.1. The minimum atomic E-state index is -1.04. The first kappa shape index (κ1) is 17.0. The van der Waals surface area contributed by atoms with Crippen molar-refractivity contribution in [1.82, 2.24) is 15.0 Å². The van der Waals surface area contributed by atoms with Crippen LogP contribution in [0.5, 0.6) is 0 Å². The van der Waals surface area contributed by atoms with E-state index in [0.717, 1.165) is 43.6 Å². The number of aromatic nitrogens is 3. The van der Waals surface area contributed by atoms with Crippen LogP contribution in [0.15, 0.2) is 24.3 Å². The normalized spacial score (nSPS) is 10.7. The summed E-state index contributed by atoms with van der Waals surface area (Å²) >= 11 is 0. The van der Waals surface area contributed by atoms with Gasteiger partial charge >= 0.3 is 5.97 Å². The van der Waals surface area contributed by atoms with E-state index in [1.165, 1.54) is 4.80 Å². The molecule has 0 aliphatic rings. The summed E-state index contributed by atoms with van der Waals surface area (Å²) in [5, 5.41) is 18.2. The summed E-state index contributed by atoms with van der Waals surface area (Å²) in [6.45, 7) is 7.73. The average Bonchev–Trinajstić information content (AvgIpc) is 3.00. The molecule has 23 heavy (non-hydrogen) atoms. The highest BCUT2D eigenvalue weighted by molar-refractivity contribution is 5.91. The van der Waals surface area contributed by atoms with Gasteiger partial charge in [0.05, 0.1) is 5.69 Å². The molecule has 0 saturated heterocycles. The number of carboxylic acids is 1. The van der Waals surface area contributed by atoms with E-state index >= 15 is 0 Å². The summed E-state index contributed by atoms with van der Waals surface area (Å²) in [4.78, 5) is 15.0. The van der Waals surface area contributed by atoms with Gasteiger partial charge in [-0.3, -0.25) is 0 Å². The average molecular weight is 316 g/mol. The second-order valence-corrected chi connectivity index (χ2v) is 5.44. The highest BCUT2D eigenvalue weighted by Gasteiger charge is 2.23. The second kappa shape index (κ2) is 7.76. The predicted octanol–water partition coefficient (Wildman–Crippen LogP) is 3.15. The largest absolute Gasteiger partial charge is 0.476 e. The first-order valence-corrected chi connectivity index (χ1v) is 8.16. The second-order valence-electron chi connectivity index (χ2n) is 5.44. The van der Waals surface area contributed by atoms with Gasteiger partial charge in [-0.25, -0.2) is 4.79 Å². The molecule has 1 aromatic carbocycles. The molecule has 0 aliphatic carbocycles. The van der Waals surface area contributed by atoms with Crippen molar-refractivity contribution in [3.63, 3.8) is 0 Å². The maximum atomic E-state index is 11.6. The van der Waals surface area contributed by atoms with Crippen LogP contribution in [-0.2, 0) is 6.42 Å². The third-order valence-corrected chi connectivity index (χ3v) is 3.67. The van der Waals surface area contributed by atoms with Gasteiger partial charge < -0.3 is 10.0 Å². The Balaban J connectivity index is 2.51. The molecule has 2 rings (SSSR count). The Kier molecular flexibility index (Phi) is 5.73. The molecule has 0 radical (unpaired) electrons. The SMILES string of the molecule is CCCN(CCC)c1nn(-c2ccccc2CC)nc1C(=O)O. The third-order valence-electron chi connectivity index (χ3n) is 3.67. The maximum absolute atomic E-state index is 11.6. The van der Waals surface area contributed by atoms with Gasteiger partial charge in [0.1, 0.15) is 0 Å². The van der Waals surface area contributed by atoms with Crippen LogP contribution in [0, 0.1) is 0 Å². The number of aryl methyl sites for hydroxylation is 1. The van der Waals surface area contributed by atoms with Crippen LogP contribution in [0.3, 0.4) is 0 Å². The quantitative estimate of drug-likeness (QED) is 0.810. The molecular weight excluding hydrogens is 292 g/mol. The Labute approximate surface area is 136 Å². The fourth-order valence-electron chi connectivity index (χ4n) is 2.63. The summed E-state index contributed by atoms with van der Waals surface area (Å²) in [5.74, 6) is -0.593. The van der Waals surface area contributed by atoms with Crippen LogP contribution in [0.2, 0.25) is 0 Å². The fraction of sp³-hybridized carbons (Fsp3) is 0.471. The van der Waals surface area contributed by atoms with Crippen LogP contribution in [0.4, 0.5) is 5.82 Å². The van der Waals surface area contributed by atoms with Gasteiger partial charge in [0.2, 0.25) is 5.69 Å². The summed E-state index contributed by atoms with van der Waals surface area (Å²) in [5.41, 5.74) is 1.93. The van der Waals surface area contributed by atoms with Gasteiger partial charge in [-0.05, 0) is 30.9 Å². The van der Waals surface area contributed by atoms with Gasteiger partial charge in [0, 0.05) is 13.1 Å². The number of benzene rings is 1. The molecule has 0 atom stereocenters. The van der Waals surface area contributed by atoms with E-state index in [9.17, 15) is 9.90 Å². The smallest absolute Gasteiger partial charge is 0.360 e. The lowest BCUT2D eigenvalue weighted by Crippen LogP contribution is -2.27. The number of carboxylic acid groups (broad SMARTS) is 1. The van der Waals surface area contributed by atoms with Crippen LogP contribution in [0.1, 0.15) is 49.7 Å². The lowest BCUT2D eigenvalue weighted by Gasteiger charge is -2.20. The molecule has 6 nitrogen and oxygen atoms in total. The molecule has 0 aliphatic heterocycles. The fourth-order valence-corrected chi connectivity index (χ4v) is 2.63. The Morgan fingerprint density at radius 1 is 1.13 bits per heavy atom. The first-order valence-electron chi connectivity index (χ1n) is 8.16. The highest BCUT2D eigenvalue weighted by atomic mass is 16.4. The Hall–Kier alpha value is -2.37. The topological polar surface area (TPSA) is 71.2 Å². The third kappa shape index (κ3) is 3.70. The van der Waals surface area contributed by atoms with Crippen molar-refractivity contribution in [3.8, 4) is 5.69 Å². The van der Waals surface area contributed by atoms with E-state index < -0.39 is 5.97 Å². The molecule has 124 valence electrons. The standard InChI is InChI=1S/C17H24N4O2/c1-4-11-20(12-5-2)16-15(17(22)23)18-21(19-16)14-10-8-7-9-13(14)6-3/h7-10H,4-6,11-12H2,1-3H3,(H,22,23). The van der Waals surface area contributed by atoms with E-state index in [-0.39, 0.29) is 5.69 Å². The van der Waals surface area contributed by atoms with Gasteiger partial charge in [0.25, 0.3) is 0 Å². The van der Waals surface area contributed by atoms with Gasteiger partial charge in [-0.1, -0.05) is 39.0 Å². The number of hydrogen-bond donors (Lipinski definition) is 1. The minimum absolute atomic E-state index is 0.0119. The highest BCUT2D eigenvalue weighted by Crippen LogP contribution is 2.21. The Morgan fingerprint density at radius 2 is 1.78 bits per heavy atom. The van der Waals surface area contributed by atoms with Crippen molar-refractivity contribution >= 4 is 11.8 Å². The molecule has 0 unspecified atom stereocenters. The molecule has 0 saturated carbocycles. The molecule has 0 fully saturated rings. The first-order chi connectivity index (χ1) is 11.1. The Morgan fingerprint density at radius 3 is 2.35 bits per heavy atom. The van der Waals surface area contributed by atoms with Crippen LogP contribution >= 0.6 is 0 Å². The molecule has 0 bridgehead atoms. The van der Waals surface area contributed by atoms with E-state index in [1.807, 2.05) is 29.2 Å². The van der Waals surface area contributed by atoms with Crippen molar-refractivity contribution in [3.05, 3.63) is 35.5 Å². The molecule has 1 aromatic heterocycles. The van der Waals surface area contributed by atoms with Crippen molar-refractivity contribution in [2.45, 2.75) is 40.0 Å². The number of para-hydroxylation sites is 1.